The molecule has 13 aromatic carbocycles. The zero-order valence-corrected chi connectivity index (χ0v) is 38.3. The molecule has 1 heteroatoms. The molecule has 0 radical (unpaired) electrons. The number of anilines is 3. The predicted octanol–water partition coefficient (Wildman–Crippen LogP) is 18.6. The summed E-state index contributed by atoms with van der Waals surface area (Å²) in [5, 5.41) is 12.5. The molecule has 0 atom stereocenters. The van der Waals surface area contributed by atoms with Gasteiger partial charge in [0.25, 0.3) is 0 Å². The first-order valence-corrected chi connectivity index (χ1v) is 24.4. The second-order valence-electron chi connectivity index (χ2n) is 19.1. The highest BCUT2D eigenvalue weighted by atomic mass is 15.1. The van der Waals surface area contributed by atoms with Crippen molar-refractivity contribution in [3.8, 4) is 44.5 Å². The molecule has 0 aliphatic heterocycles. The molecule has 0 heterocycles. The van der Waals surface area contributed by atoms with Gasteiger partial charge in [-0.15, -0.1) is 0 Å². The van der Waals surface area contributed by atoms with Crippen LogP contribution in [-0.2, 0) is 5.41 Å². The maximum absolute atomic E-state index is 2.58. The maximum atomic E-state index is 2.58. The van der Waals surface area contributed by atoms with Gasteiger partial charge in [0, 0.05) is 16.9 Å². The highest BCUT2D eigenvalue weighted by Gasteiger charge is 2.52. The maximum Gasteiger partial charge on any atom is 0.0726 e. The second-order valence-corrected chi connectivity index (χ2v) is 19.1. The number of hydrogen-bond acceptors (Lipinski definition) is 1. The summed E-state index contributed by atoms with van der Waals surface area (Å²) in [5.41, 5.74) is 18.0. The lowest BCUT2D eigenvalue weighted by Gasteiger charge is -2.33. The van der Waals surface area contributed by atoms with Crippen molar-refractivity contribution in [2.75, 3.05) is 4.90 Å². The Balaban J connectivity index is 1.08. The minimum atomic E-state index is -0.523. The molecule has 15 rings (SSSR count). The van der Waals surface area contributed by atoms with Crippen LogP contribution in [0.3, 0.4) is 0 Å². The van der Waals surface area contributed by atoms with E-state index in [-0.39, 0.29) is 0 Å². The van der Waals surface area contributed by atoms with Crippen LogP contribution in [0.2, 0.25) is 0 Å². The third-order valence-electron chi connectivity index (χ3n) is 15.6. The lowest BCUT2D eigenvalue weighted by atomic mass is 9.70. The minimum Gasteiger partial charge on any atom is -0.310 e. The van der Waals surface area contributed by atoms with Gasteiger partial charge < -0.3 is 4.90 Å². The lowest BCUT2D eigenvalue weighted by Crippen LogP contribution is -2.26. The summed E-state index contributed by atoms with van der Waals surface area (Å²) in [4.78, 5) is 2.56. The number of hydrogen-bond donors (Lipinski definition) is 0. The molecule has 0 saturated heterocycles. The van der Waals surface area contributed by atoms with Gasteiger partial charge in [0.15, 0.2) is 0 Å². The standard InChI is InChI=1S/C69H43N/c1-2-17-44(18-3-1)46-20-16-21-49(40-46)70(50-36-38-57-55-25-7-6-23-53(55)54-24-8-9-26-56(54)62(57)41-50)68-43-67-63(42-61(68)48-35-37-52-47(39-48)34-33-45-19-4-5-22-51(45)52)60-29-12-15-32-66(60)69(67)64-30-13-10-27-58(64)59-28-11-14-31-65(59)69/h1-43H. The van der Waals surface area contributed by atoms with E-state index in [9.17, 15) is 0 Å². The average molecular weight is 886 g/mol. The van der Waals surface area contributed by atoms with Crippen molar-refractivity contribution in [2.45, 2.75) is 5.41 Å². The quantitative estimate of drug-likeness (QED) is 0.156. The molecular formula is C69H43N. The molecule has 324 valence electrons. The zero-order chi connectivity index (χ0) is 45.9. The Morgan fingerprint density at radius 1 is 0.229 bits per heavy atom. The van der Waals surface area contributed by atoms with Gasteiger partial charge in [-0.2, -0.15) is 0 Å². The molecule has 0 bridgehead atoms. The van der Waals surface area contributed by atoms with Crippen molar-refractivity contribution >= 4 is 70.9 Å². The normalized spacial score (nSPS) is 13.0. The molecule has 13 aromatic rings. The van der Waals surface area contributed by atoms with Gasteiger partial charge in [-0.1, -0.05) is 218 Å². The molecule has 2 aliphatic rings. The lowest BCUT2D eigenvalue weighted by molar-refractivity contribution is 0.794. The summed E-state index contributed by atoms with van der Waals surface area (Å²) >= 11 is 0. The van der Waals surface area contributed by atoms with Crippen molar-refractivity contribution < 1.29 is 0 Å². The summed E-state index contributed by atoms with van der Waals surface area (Å²) < 4.78 is 0. The van der Waals surface area contributed by atoms with Crippen LogP contribution in [0.15, 0.2) is 261 Å². The SMILES string of the molecule is c1ccc(-c2cccc(N(c3ccc4c5ccccc5c5ccccc5c4c3)c3cc4c(cc3-c3ccc5c(ccc6ccccc65)c3)-c3ccccc3C43c4ccccc4-c4ccccc43)c2)cc1. The van der Waals surface area contributed by atoms with Crippen molar-refractivity contribution in [2.24, 2.45) is 0 Å². The van der Waals surface area contributed by atoms with Gasteiger partial charge >= 0.3 is 0 Å². The fourth-order valence-electron chi connectivity index (χ4n) is 12.6. The van der Waals surface area contributed by atoms with Crippen LogP contribution in [0.5, 0.6) is 0 Å². The minimum absolute atomic E-state index is 0.523. The Kier molecular flexibility index (Phi) is 8.35. The molecule has 0 fully saturated rings. The summed E-state index contributed by atoms with van der Waals surface area (Å²) in [6.07, 6.45) is 0. The fraction of sp³-hybridized carbons (Fsp3) is 0.0145. The second kappa shape index (κ2) is 15.0. The van der Waals surface area contributed by atoms with Crippen LogP contribution < -0.4 is 4.90 Å². The van der Waals surface area contributed by atoms with Crippen LogP contribution in [-0.4, -0.2) is 0 Å². The Hall–Kier alpha value is -9.04. The molecular weight excluding hydrogens is 843 g/mol. The van der Waals surface area contributed by atoms with Crippen LogP contribution in [0.25, 0.3) is 98.4 Å². The smallest absolute Gasteiger partial charge is 0.0726 e. The van der Waals surface area contributed by atoms with Crippen LogP contribution >= 0.6 is 0 Å². The third kappa shape index (κ3) is 5.49. The summed E-state index contributed by atoms with van der Waals surface area (Å²) in [6, 6.07) is 97.9. The Labute approximate surface area is 406 Å². The van der Waals surface area contributed by atoms with E-state index in [1.165, 1.54) is 121 Å². The van der Waals surface area contributed by atoms with Gasteiger partial charge in [-0.25, -0.2) is 0 Å². The molecule has 0 saturated carbocycles. The van der Waals surface area contributed by atoms with Crippen molar-refractivity contribution in [3.05, 3.63) is 283 Å². The summed E-state index contributed by atoms with van der Waals surface area (Å²) in [6.45, 7) is 0. The molecule has 1 spiro atoms. The molecule has 0 aromatic heterocycles. The fourth-order valence-corrected chi connectivity index (χ4v) is 12.6. The van der Waals surface area contributed by atoms with Gasteiger partial charge in [-0.3, -0.25) is 0 Å². The van der Waals surface area contributed by atoms with E-state index in [1.807, 2.05) is 0 Å². The Morgan fingerprint density at radius 2 is 0.729 bits per heavy atom. The van der Waals surface area contributed by atoms with Crippen molar-refractivity contribution in [1.82, 2.24) is 0 Å². The Morgan fingerprint density at radius 3 is 1.41 bits per heavy atom. The van der Waals surface area contributed by atoms with Gasteiger partial charge in [0.05, 0.1) is 11.1 Å². The summed E-state index contributed by atoms with van der Waals surface area (Å²) in [5.74, 6) is 0. The van der Waals surface area contributed by atoms with Crippen molar-refractivity contribution in [1.29, 1.82) is 0 Å². The van der Waals surface area contributed by atoms with E-state index in [0.717, 1.165) is 17.1 Å². The van der Waals surface area contributed by atoms with E-state index >= 15 is 0 Å². The first-order chi connectivity index (χ1) is 34.7. The van der Waals surface area contributed by atoms with Crippen molar-refractivity contribution in [3.63, 3.8) is 0 Å². The first kappa shape index (κ1) is 39.0. The average Bonchev–Trinajstić information content (AvgIpc) is 3.90. The molecule has 0 N–H and O–H groups in total. The molecule has 0 unspecified atom stereocenters. The number of fused-ring (bicyclic) bond motifs is 19. The highest BCUT2D eigenvalue weighted by Crippen LogP contribution is 2.64. The van der Waals surface area contributed by atoms with Crippen LogP contribution in [0, 0.1) is 0 Å². The Bertz CT molecular complexity index is 4230. The topological polar surface area (TPSA) is 3.24 Å². The molecule has 2 aliphatic carbocycles. The number of nitrogens with zero attached hydrogens (tertiary/aromatic N) is 1. The zero-order valence-electron chi connectivity index (χ0n) is 38.3. The van der Waals surface area contributed by atoms with Gasteiger partial charge in [0.2, 0.25) is 0 Å². The predicted molar refractivity (Wildman–Crippen MR) is 296 cm³/mol. The largest absolute Gasteiger partial charge is 0.310 e. The highest BCUT2D eigenvalue weighted by molar-refractivity contribution is 6.26. The van der Waals surface area contributed by atoms with Gasteiger partial charge in [-0.05, 0) is 158 Å². The van der Waals surface area contributed by atoms with E-state index in [0.29, 0.717) is 0 Å². The number of benzene rings is 13. The van der Waals surface area contributed by atoms with Crippen LogP contribution in [0.1, 0.15) is 22.3 Å². The molecule has 70 heavy (non-hydrogen) atoms. The van der Waals surface area contributed by atoms with E-state index in [4.69, 9.17) is 0 Å². The van der Waals surface area contributed by atoms with E-state index in [2.05, 4.69) is 266 Å². The molecule has 1 nitrogen and oxygen atoms in total. The summed E-state index contributed by atoms with van der Waals surface area (Å²) in [7, 11) is 0. The first-order valence-electron chi connectivity index (χ1n) is 24.4. The van der Waals surface area contributed by atoms with E-state index in [1.54, 1.807) is 0 Å². The van der Waals surface area contributed by atoms with E-state index < -0.39 is 5.41 Å². The third-order valence-corrected chi connectivity index (χ3v) is 15.6. The monoisotopic (exact) mass is 885 g/mol. The van der Waals surface area contributed by atoms with Gasteiger partial charge in [0.1, 0.15) is 0 Å². The number of rotatable bonds is 5. The van der Waals surface area contributed by atoms with Crippen LogP contribution in [0.4, 0.5) is 17.1 Å². The molecule has 0 amide bonds.